The third-order valence-electron chi connectivity index (χ3n) is 3.65. The van der Waals surface area contributed by atoms with Gasteiger partial charge in [-0.1, -0.05) is 22.7 Å². The van der Waals surface area contributed by atoms with Crippen molar-refractivity contribution in [1.82, 2.24) is 19.6 Å². The SMILES string of the molecule is Cc1nnc(NC(=O)c2sc3nc(-c4ccc(F)cc4)cn3c2C)s1. The first-order chi connectivity index (χ1) is 12.0. The van der Waals surface area contributed by atoms with Crippen molar-refractivity contribution in [2.24, 2.45) is 0 Å². The summed E-state index contributed by atoms with van der Waals surface area (Å²) in [6.07, 6.45) is 1.85. The van der Waals surface area contributed by atoms with E-state index in [4.69, 9.17) is 0 Å². The molecular weight excluding hydrogens is 361 g/mol. The summed E-state index contributed by atoms with van der Waals surface area (Å²) in [5.41, 5.74) is 2.35. The lowest BCUT2D eigenvalue weighted by atomic mass is 10.2. The Hall–Kier alpha value is -2.65. The highest BCUT2D eigenvalue weighted by molar-refractivity contribution is 7.19. The number of hydrogen-bond acceptors (Lipinski definition) is 6. The number of fused-ring (bicyclic) bond motifs is 1. The molecule has 4 aromatic rings. The van der Waals surface area contributed by atoms with Crippen molar-refractivity contribution in [2.45, 2.75) is 13.8 Å². The van der Waals surface area contributed by atoms with Crippen LogP contribution in [0.2, 0.25) is 0 Å². The lowest BCUT2D eigenvalue weighted by Crippen LogP contribution is -2.11. The standard InChI is InChI=1S/C16H12FN5OS2/c1-8-13(14(23)19-15-21-20-9(2)24-15)25-16-18-12(7-22(8)16)10-3-5-11(17)6-4-10/h3-7H,1-2H3,(H,19,21,23). The molecule has 0 atom stereocenters. The first-order valence-corrected chi connectivity index (χ1v) is 9.00. The number of imidazole rings is 1. The number of halogens is 1. The Morgan fingerprint density at radius 1 is 1.16 bits per heavy atom. The Labute approximate surface area is 150 Å². The van der Waals surface area contributed by atoms with E-state index in [0.29, 0.717) is 15.0 Å². The van der Waals surface area contributed by atoms with Gasteiger partial charge in [0.05, 0.1) is 5.69 Å². The Morgan fingerprint density at radius 3 is 2.56 bits per heavy atom. The number of nitrogens with zero attached hydrogens (tertiary/aromatic N) is 4. The number of aromatic nitrogens is 4. The average molecular weight is 373 g/mol. The molecule has 0 aliphatic heterocycles. The molecule has 0 radical (unpaired) electrons. The Bertz CT molecular complexity index is 1080. The molecule has 0 spiro atoms. The summed E-state index contributed by atoms with van der Waals surface area (Å²) in [6.45, 7) is 3.69. The van der Waals surface area contributed by atoms with Gasteiger partial charge in [0.25, 0.3) is 5.91 Å². The van der Waals surface area contributed by atoms with Gasteiger partial charge in [0, 0.05) is 17.5 Å². The third kappa shape index (κ3) is 2.92. The molecule has 3 aromatic heterocycles. The van der Waals surface area contributed by atoms with Crippen molar-refractivity contribution >= 4 is 38.7 Å². The number of carbonyl (C=O) groups is 1. The summed E-state index contributed by atoms with van der Waals surface area (Å²) >= 11 is 2.62. The van der Waals surface area contributed by atoms with Crippen LogP contribution >= 0.6 is 22.7 Å². The second kappa shape index (κ2) is 6.01. The predicted octanol–water partition coefficient (Wildman–Crippen LogP) is 3.92. The molecule has 0 unspecified atom stereocenters. The maximum atomic E-state index is 13.1. The van der Waals surface area contributed by atoms with E-state index in [-0.39, 0.29) is 11.7 Å². The van der Waals surface area contributed by atoms with E-state index >= 15 is 0 Å². The second-order valence-corrected chi connectivity index (χ2v) is 7.54. The smallest absolute Gasteiger partial charge is 0.269 e. The molecule has 1 amide bonds. The van der Waals surface area contributed by atoms with Gasteiger partial charge in [-0.05, 0) is 38.1 Å². The largest absolute Gasteiger partial charge is 0.296 e. The minimum absolute atomic E-state index is 0.229. The predicted molar refractivity (Wildman–Crippen MR) is 95.8 cm³/mol. The van der Waals surface area contributed by atoms with Crippen LogP contribution in [0.5, 0.6) is 0 Å². The number of aryl methyl sites for hydroxylation is 2. The van der Waals surface area contributed by atoms with Gasteiger partial charge in [-0.2, -0.15) is 0 Å². The minimum Gasteiger partial charge on any atom is -0.296 e. The van der Waals surface area contributed by atoms with Crippen LogP contribution in [0.1, 0.15) is 20.4 Å². The van der Waals surface area contributed by atoms with Crippen LogP contribution in [-0.2, 0) is 0 Å². The van der Waals surface area contributed by atoms with Gasteiger partial charge < -0.3 is 0 Å². The van der Waals surface area contributed by atoms with Crippen molar-refractivity contribution < 1.29 is 9.18 Å². The monoisotopic (exact) mass is 373 g/mol. The van der Waals surface area contributed by atoms with Gasteiger partial charge in [0.15, 0.2) is 4.96 Å². The normalized spacial score (nSPS) is 11.2. The Balaban J connectivity index is 1.65. The summed E-state index contributed by atoms with van der Waals surface area (Å²) in [5, 5.41) is 11.8. The van der Waals surface area contributed by atoms with Crippen molar-refractivity contribution in [3.63, 3.8) is 0 Å². The highest BCUT2D eigenvalue weighted by Crippen LogP contribution is 2.28. The number of anilines is 1. The molecule has 0 aliphatic carbocycles. The second-order valence-electron chi connectivity index (χ2n) is 5.38. The summed E-state index contributed by atoms with van der Waals surface area (Å²) in [5.74, 6) is -0.515. The molecule has 0 saturated carbocycles. The van der Waals surface area contributed by atoms with E-state index in [1.807, 2.05) is 24.4 Å². The number of carbonyl (C=O) groups excluding carboxylic acids is 1. The van der Waals surface area contributed by atoms with E-state index in [9.17, 15) is 9.18 Å². The van der Waals surface area contributed by atoms with Crippen molar-refractivity contribution in [3.8, 4) is 11.3 Å². The number of rotatable bonds is 3. The molecule has 126 valence electrons. The van der Waals surface area contributed by atoms with Crippen LogP contribution in [-0.4, -0.2) is 25.5 Å². The summed E-state index contributed by atoms with van der Waals surface area (Å²) in [7, 11) is 0. The van der Waals surface area contributed by atoms with Crippen LogP contribution in [0.15, 0.2) is 30.5 Å². The fourth-order valence-electron chi connectivity index (χ4n) is 2.42. The van der Waals surface area contributed by atoms with Crippen molar-refractivity contribution in [3.05, 3.63) is 51.9 Å². The zero-order valence-electron chi connectivity index (χ0n) is 13.3. The topological polar surface area (TPSA) is 72.2 Å². The molecule has 0 bridgehead atoms. The molecule has 0 aliphatic rings. The van der Waals surface area contributed by atoms with Crippen LogP contribution in [0.4, 0.5) is 9.52 Å². The number of hydrogen-bond donors (Lipinski definition) is 1. The number of nitrogens with one attached hydrogen (secondary N) is 1. The fraction of sp³-hybridized carbons (Fsp3) is 0.125. The number of amides is 1. The van der Waals surface area contributed by atoms with Gasteiger partial charge in [-0.15, -0.1) is 10.2 Å². The third-order valence-corrected chi connectivity index (χ3v) is 5.56. The average Bonchev–Trinajstić information content (AvgIpc) is 3.25. The fourth-order valence-corrected chi connectivity index (χ4v) is 4.01. The van der Waals surface area contributed by atoms with Gasteiger partial charge in [-0.3, -0.25) is 14.5 Å². The molecule has 1 aromatic carbocycles. The van der Waals surface area contributed by atoms with E-state index in [1.165, 1.54) is 34.8 Å². The molecule has 1 N–H and O–H groups in total. The van der Waals surface area contributed by atoms with E-state index in [0.717, 1.165) is 22.0 Å². The molecule has 6 nitrogen and oxygen atoms in total. The van der Waals surface area contributed by atoms with E-state index in [1.54, 1.807) is 12.1 Å². The van der Waals surface area contributed by atoms with Crippen LogP contribution in [0.25, 0.3) is 16.2 Å². The number of thiazole rings is 1. The van der Waals surface area contributed by atoms with Crippen molar-refractivity contribution in [2.75, 3.05) is 5.32 Å². The highest BCUT2D eigenvalue weighted by atomic mass is 32.1. The molecular formula is C16H12FN5OS2. The van der Waals surface area contributed by atoms with Crippen LogP contribution in [0.3, 0.4) is 0 Å². The lowest BCUT2D eigenvalue weighted by molar-refractivity contribution is 0.102. The zero-order chi connectivity index (χ0) is 17.6. The zero-order valence-corrected chi connectivity index (χ0v) is 14.9. The maximum absolute atomic E-state index is 13.1. The molecule has 0 fully saturated rings. The van der Waals surface area contributed by atoms with Crippen LogP contribution < -0.4 is 5.32 Å². The van der Waals surface area contributed by atoms with Gasteiger partial charge in [0.2, 0.25) is 5.13 Å². The van der Waals surface area contributed by atoms with E-state index < -0.39 is 0 Å². The Kier molecular flexibility index (Phi) is 3.81. The lowest BCUT2D eigenvalue weighted by Gasteiger charge is -1.99. The molecule has 4 rings (SSSR count). The quantitative estimate of drug-likeness (QED) is 0.591. The highest BCUT2D eigenvalue weighted by Gasteiger charge is 2.19. The summed E-state index contributed by atoms with van der Waals surface area (Å²) in [4.78, 5) is 18.3. The van der Waals surface area contributed by atoms with Gasteiger partial charge in [0.1, 0.15) is 15.7 Å². The molecule has 9 heteroatoms. The minimum atomic E-state index is -0.285. The first-order valence-electron chi connectivity index (χ1n) is 7.37. The maximum Gasteiger partial charge on any atom is 0.269 e. The van der Waals surface area contributed by atoms with Crippen molar-refractivity contribution in [1.29, 1.82) is 0 Å². The molecule has 25 heavy (non-hydrogen) atoms. The molecule has 3 heterocycles. The van der Waals surface area contributed by atoms with E-state index in [2.05, 4.69) is 20.5 Å². The number of benzene rings is 1. The summed E-state index contributed by atoms with van der Waals surface area (Å²) < 4.78 is 14.9. The van der Waals surface area contributed by atoms with Crippen LogP contribution in [0, 0.1) is 19.7 Å². The molecule has 0 saturated heterocycles. The first kappa shape index (κ1) is 15.9. The van der Waals surface area contributed by atoms with Gasteiger partial charge >= 0.3 is 0 Å². The Morgan fingerprint density at radius 2 is 1.92 bits per heavy atom. The summed E-state index contributed by atoms with van der Waals surface area (Å²) in [6, 6.07) is 6.17. The van der Waals surface area contributed by atoms with Gasteiger partial charge in [-0.25, -0.2) is 9.37 Å².